The minimum atomic E-state index is -0.235. The number of hydrogen-bond donors (Lipinski definition) is 0. The van der Waals surface area contributed by atoms with Gasteiger partial charge in [0.2, 0.25) is 0 Å². The molecular weight excluding hydrogens is 240 g/mol. The van der Waals surface area contributed by atoms with Crippen molar-refractivity contribution in [3.05, 3.63) is 16.6 Å². The summed E-state index contributed by atoms with van der Waals surface area (Å²) in [6.45, 7) is 1.12. The van der Waals surface area contributed by atoms with Gasteiger partial charge in [0.15, 0.2) is 5.01 Å². The number of carbonyl (C=O) groups excluding carboxylic acids is 2. The molecule has 2 rings (SSSR count). The summed E-state index contributed by atoms with van der Waals surface area (Å²) in [5.74, 6) is -0.520. The highest BCUT2D eigenvalue weighted by atomic mass is 32.1. The van der Waals surface area contributed by atoms with E-state index in [-0.39, 0.29) is 17.8 Å². The maximum Gasteiger partial charge on any atom is 0.310 e. The number of thiazole rings is 1. The van der Waals surface area contributed by atoms with Crippen LogP contribution in [0.15, 0.2) is 11.6 Å². The van der Waals surface area contributed by atoms with Crippen LogP contribution in [0.2, 0.25) is 0 Å². The lowest BCUT2D eigenvalue weighted by molar-refractivity contribution is -0.146. The average molecular weight is 254 g/mol. The minimum Gasteiger partial charge on any atom is -0.469 e. The molecule has 1 atom stereocenters. The molecule has 92 valence electrons. The van der Waals surface area contributed by atoms with Crippen LogP contribution in [0.3, 0.4) is 0 Å². The third-order valence-corrected chi connectivity index (χ3v) is 3.62. The lowest BCUT2D eigenvalue weighted by Gasteiger charge is -2.30. The van der Waals surface area contributed by atoms with Crippen LogP contribution in [0.1, 0.15) is 22.6 Å². The van der Waals surface area contributed by atoms with Gasteiger partial charge in [-0.25, -0.2) is 4.98 Å². The van der Waals surface area contributed by atoms with Gasteiger partial charge in [-0.15, -0.1) is 11.3 Å². The zero-order valence-electron chi connectivity index (χ0n) is 9.59. The molecule has 0 N–H and O–H groups in total. The van der Waals surface area contributed by atoms with Gasteiger partial charge in [0.1, 0.15) is 0 Å². The first kappa shape index (κ1) is 12.0. The second-order valence-corrected chi connectivity index (χ2v) is 4.85. The van der Waals surface area contributed by atoms with E-state index in [0.29, 0.717) is 18.1 Å². The fraction of sp³-hybridized carbons (Fsp3) is 0.545. The monoisotopic (exact) mass is 254 g/mol. The molecule has 17 heavy (non-hydrogen) atoms. The minimum absolute atomic E-state index is 0.0893. The van der Waals surface area contributed by atoms with Crippen molar-refractivity contribution in [3.63, 3.8) is 0 Å². The zero-order chi connectivity index (χ0) is 12.3. The Morgan fingerprint density at radius 1 is 1.59 bits per heavy atom. The molecule has 1 saturated heterocycles. The van der Waals surface area contributed by atoms with Gasteiger partial charge < -0.3 is 9.64 Å². The summed E-state index contributed by atoms with van der Waals surface area (Å²) in [4.78, 5) is 29.2. The van der Waals surface area contributed by atoms with Crippen LogP contribution in [-0.4, -0.2) is 42.0 Å². The molecule has 2 heterocycles. The van der Waals surface area contributed by atoms with E-state index in [0.717, 1.165) is 12.8 Å². The van der Waals surface area contributed by atoms with Crippen LogP contribution >= 0.6 is 11.3 Å². The molecule has 0 spiro atoms. The highest BCUT2D eigenvalue weighted by molar-refractivity contribution is 7.11. The summed E-state index contributed by atoms with van der Waals surface area (Å²) in [7, 11) is 1.38. The van der Waals surface area contributed by atoms with Crippen LogP contribution in [0, 0.1) is 5.92 Å². The second-order valence-electron chi connectivity index (χ2n) is 3.95. The Labute approximate surface area is 103 Å². The number of aromatic nitrogens is 1. The van der Waals surface area contributed by atoms with Gasteiger partial charge in [-0.05, 0) is 12.8 Å². The molecule has 6 heteroatoms. The van der Waals surface area contributed by atoms with E-state index in [2.05, 4.69) is 4.98 Å². The Bertz CT molecular complexity index is 405. The zero-order valence-corrected chi connectivity index (χ0v) is 10.4. The molecule has 1 aromatic heterocycles. The van der Waals surface area contributed by atoms with Crippen molar-refractivity contribution in [3.8, 4) is 0 Å². The van der Waals surface area contributed by atoms with Crippen molar-refractivity contribution in [1.29, 1.82) is 0 Å². The van der Waals surface area contributed by atoms with Crippen LogP contribution in [0.25, 0.3) is 0 Å². The molecule has 0 radical (unpaired) electrons. The van der Waals surface area contributed by atoms with Crippen molar-refractivity contribution in [1.82, 2.24) is 9.88 Å². The standard InChI is InChI=1S/C11H14N2O3S/c1-16-11(15)8-3-2-5-13(7-8)10(14)9-12-4-6-17-9/h4,6,8H,2-3,5,7H2,1H3. The third-order valence-electron chi connectivity index (χ3n) is 2.86. The van der Waals surface area contributed by atoms with Gasteiger partial charge in [-0.2, -0.15) is 0 Å². The highest BCUT2D eigenvalue weighted by Gasteiger charge is 2.30. The Morgan fingerprint density at radius 2 is 2.41 bits per heavy atom. The molecule has 1 aliphatic rings. The Kier molecular flexibility index (Phi) is 3.73. The SMILES string of the molecule is COC(=O)C1CCCN(C(=O)c2nccs2)C1. The molecule has 0 bridgehead atoms. The van der Waals surface area contributed by atoms with Gasteiger partial charge in [-0.1, -0.05) is 0 Å². The summed E-state index contributed by atoms with van der Waals surface area (Å²) in [5, 5.41) is 2.25. The van der Waals surface area contributed by atoms with Crippen LogP contribution < -0.4 is 0 Å². The van der Waals surface area contributed by atoms with Crippen LogP contribution in [0.4, 0.5) is 0 Å². The summed E-state index contributed by atoms with van der Waals surface area (Å²) in [6.07, 6.45) is 3.23. The van der Waals surface area contributed by atoms with Crippen LogP contribution in [-0.2, 0) is 9.53 Å². The fourth-order valence-corrected chi connectivity index (χ4v) is 2.59. The molecule has 5 nitrogen and oxygen atoms in total. The predicted molar refractivity (Wildman–Crippen MR) is 62.8 cm³/mol. The van der Waals surface area contributed by atoms with Gasteiger partial charge >= 0.3 is 5.97 Å². The van der Waals surface area contributed by atoms with Crippen molar-refractivity contribution in [2.75, 3.05) is 20.2 Å². The number of amides is 1. The van der Waals surface area contributed by atoms with Crippen LogP contribution in [0.5, 0.6) is 0 Å². The molecule has 0 aliphatic carbocycles. The number of ether oxygens (including phenoxy) is 1. The Hall–Kier alpha value is -1.43. The molecule has 1 aromatic rings. The van der Waals surface area contributed by atoms with E-state index >= 15 is 0 Å². The quantitative estimate of drug-likeness (QED) is 0.743. The number of carbonyl (C=O) groups is 2. The average Bonchev–Trinajstić information content (AvgIpc) is 2.91. The van der Waals surface area contributed by atoms with Gasteiger partial charge in [-0.3, -0.25) is 9.59 Å². The number of rotatable bonds is 2. The van der Waals surface area contributed by atoms with E-state index in [9.17, 15) is 9.59 Å². The molecule has 1 unspecified atom stereocenters. The van der Waals surface area contributed by atoms with Crippen molar-refractivity contribution < 1.29 is 14.3 Å². The highest BCUT2D eigenvalue weighted by Crippen LogP contribution is 2.20. The van der Waals surface area contributed by atoms with E-state index < -0.39 is 0 Å². The summed E-state index contributed by atoms with van der Waals surface area (Å²) < 4.78 is 4.72. The summed E-state index contributed by atoms with van der Waals surface area (Å²) in [5.41, 5.74) is 0. The number of nitrogens with zero attached hydrogens (tertiary/aromatic N) is 2. The molecule has 0 aromatic carbocycles. The van der Waals surface area contributed by atoms with E-state index in [1.54, 1.807) is 16.5 Å². The first-order valence-electron chi connectivity index (χ1n) is 5.49. The Morgan fingerprint density at radius 3 is 3.06 bits per heavy atom. The third kappa shape index (κ3) is 2.63. The largest absolute Gasteiger partial charge is 0.469 e. The van der Waals surface area contributed by atoms with E-state index in [1.807, 2.05) is 0 Å². The maximum absolute atomic E-state index is 12.0. The van der Waals surface area contributed by atoms with Gasteiger partial charge in [0.05, 0.1) is 13.0 Å². The lowest BCUT2D eigenvalue weighted by Crippen LogP contribution is -2.42. The molecule has 0 saturated carbocycles. The lowest BCUT2D eigenvalue weighted by atomic mass is 9.98. The molecule has 1 amide bonds. The van der Waals surface area contributed by atoms with E-state index in [1.165, 1.54) is 18.4 Å². The van der Waals surface area contributed by atoms with E-state index in [4.69, 9.17) is 4.74 Å². The number of hydrogen-bond acceptors (Lipinski definition) is 5. The van der Waals surface area contributed by atoms with Gasteiger partial charge in [0, 0.05) is 24.7 Å². The summed E-state index contributed by atoms with van der Waals surface area (Å²) >= 11 is 1.32. The molecule has 1 aliphatic heterocycles. The topological polar surface area (TPSA) is 59.5 Å². The first-order valence-corrected chi connectivity index (χ1v) is 6.37. The molecule has 1 fully saturated rings. The summed E-state index contributed by atoms with van der Waals surface area (Å²) in [6, 6.07) is 0. The smallest absolute Gasteiger partial charge is 0.310 e. The normalized spacial score (nSPS) is 20.1. The second kappa shape index (κ2) is 5.27. The number of methoxy groups -OCH3 is 1. The number of piperidine rings is 1. The maximum atomic E-state index is 12.0. The number of likely N-dealkylation sites (tertiary alicyclic amines) is 1. The Balaban J connectivity index is 2.02. The number of esters is 1. The van der Waals surface area contributed by atoms with Crippen molar-refractivity contribution in [2.45, 2.75) is 12.8 Å². The van der Waals surface area contributed by atoms with Crippen molar-refractivity contribution >= 4 is 23.2 Å². The van der Waals surface area contributed by atoms with Gasteiger partial charge in [0.25, 0.3) is 5.91 Å². The molecular formula is C11H14N2O3S. The fourth-order valence-electron chi connectivity index (χ4n) is 1.98. The predicted octanol–water partition coefficient (Wildman–Crippen LogP) is 1.17. The van der Waals surface area contributed by atoms with Crippen molar-refractivity contribution in [2.24, 2.45) is 5.92 Å². The first-order chi connectivity index (χ1) is 8.22.